The molecule has 0 aromatic heterocycles. The molecule has 0 saturated heterocycles. The summed E-state index contributed by atoms with van der Waals surface area (Å²) in [7, 11) is 0. The first kappa shape index (κ1) is 24.1. The molecule has 0 amide bonds. The molecule has 0 radical (unpaired) electrons. The number of benzene rings is 1. The van der Waals surface area contributed by atoms with Gasteiger partial charge in [0.1, 0.15) is 11.9 Å². The standard InChI is InChI=1S/C20H19FO4.Na/c21-17-12-10-16(11-13-17)6-5-9-18(22)7-3-1-2-4-8-19(23)14-15-20(24)25;/h1-3,7,10-13,18-19,22-23H,9,14-15H2,(H,24,25);/q;+1/p-1/b2-1+,7-3+;/t18-,19-;/m0./s1. The van der Waals surface area contributed by atoms with Gasteiger partial charge in [-0.25, -0.2) is 4.39 Å². The van der Waals surface area contributed by atoms with Crippen molar-refractivity contribution in [1.82, 2.24) is 0 Å². The second-order valence-electron chi connectivity index (χ2n) is 5.04. The SMILES string of the molecule is O=C([O-])CC[C@@H](O)C#C/C=C/C=C/[C@H](O)CC#Cc1ccc(F)cc1.[Na+]. The van der Waals surface area contributed by atoms with E-state index in [4.69, 9.17) is 0 Å². The maximum atomic E-state index is 12.7. The molecule has 0 bridgehead atoms. The van der Waals surface area contributed by atoms with E-state index in [1.807, 2.05) is 0 Å². The van der Waals surface area contributed by atoms with Crippen LogP contribution in [0.5, 0.6) is 0 Å². The Bertz CT molecular complexity index is 733. The third-order valence-corrected chi connectivity index (χ3v) is 2.88. The van der Waals surface area contributed by atoms with Crippen LogP contribution < -0.4 is 34.7 Å². The Labute approximate surface area is 174 Å². The fraction of sp³-hybridized carbons (Fsp3) is 0.250. The number of halogens is 1. The molecular weight excluding hydrogens is 346 g/mol. The molecule has 1 aromatic carbocycles. The maximum absolute atomic E-state index is 12.7. The van der Waals surface area contributed by atoms with E-state index < -0.39 is 18.2 Å². The van der Waals surface area contributed by atoms with E-state index in [2.05, 4.69) is 23.7 Å². The van der Waals surface area contributed by atoms with Gasteiger partial charge >= 0.3 is 29.6 Å². The molecule has 0 heterocycles. The van der Waals surface area contributed by atoms with Crippen LogP contribution in [0.4, 0.5) is 4.39 Å². The molecule has 0 unspecified atom stereocenters. The van der Waals surface area contributed by atoms with Crippen molar-refractivity contribution in [3.8, 4) is 23.7 Å². The summed E-state index contributed by atoms with van der Waals surface area (Å²) in [5.74, 6) is 9.10. The molecule has 0 fully saturated rings. The Hall–Kier alpha value is -1.86. The molecule has 0 aliphatic carbocycles. The summed E-state index contributed by atoms with van der Waals surface area (Å²) in [6.45, 7) is 0. The zero-order valence-electron chi connectivity index (χ0n) is 14.5. The Kier molecular flexibility index (Phi) is 13.3. The van der Waals surface area contributed by atoms with E-state index in [0.29, 0.717) is 5.56 Å². The number of hydrogen-bond acceptors (Lipinski definition) is 4. The van der Waals surface area contributed by atoms with Gasteiger partial charge in [-0.15, -0.1) is 0 Å². The van der Waals surface area contributed by atoms with Crippen molar-refractivity contribution in [1.29, 1.82) is 0 Å². The molecule has 4 nitrogen and oxygen atoms in total. The molecule has 0 aliphatic heterocycles. The quantitative estimate of drug-likeness (QED) is 0.346. The van der Waals surface area contributed by atoms with Crippen LogP contribution in [0.3, 0.4) is 0 Å². The Balaban J connectivity index is 0.00000625. The van der Waals surface area contributed by atoms with Crippen molar-refractivity contribution in [2.45, 2.75) is 31.5 Å². The third-order valence-electron chi connectivity index (χ3n) is 2.88. The summed E-state index contributed by atoms with van der Waals surface area (Å²) < 4.78 is 12.7. The predicted molar refractivity (Wildman–Crippen MR) is 90.2 cm³/mol. The number of aliphatic carboxylic acids is 1. The molecule has 6 heteroatoms. The fourth-order valence-corrected chi connectivity index (χ4v) is 1.63. The van der Waals surface area contributed by atoms with Gasteiger partial charge in [0.25, 0.3) is 0 Å². The maximum Gasteiger partial charge on any atom is 1.00 e. The van der Waals surface area contributed by atoms with Gasteiger partial charge in [-0.2, -0.15) is 0 Å². The minimum Gasteiger partial charge on any atom is -0.550 e. The Morgan fingerprint density at radius 1 is 1.23 bits per heavy atom. The van der Waals surface area contributed by atoms with E-state index in [-0.39, 0.29) is 54.6 Å². The molecule has 0 aliphatic rings. The van der Waals surface area contributed by atoms with E-state index in [1.54, 1.807) is 24.3 Å². The number of hydrogen-bond donors (Lipinski definition) is 2. The van der Waals surface area contributed by atoms with Crippen molar-refractivity contribution in [3.63, 3.8) is 0 Å². The van der Waals surface area contributed by atoms with E-state index in [9.17, 15) is 24.5 Å². The third kappa shape index (κ3) is 12.5. The second kappa shape index (κ2) is 14.3. The predicted octanol–water partition coefficient (Wildman–Crippen LogP) is -2.06. The first-order valence-electron chi connectivity index (χ1n) is 7.62. The number of carboxylic acids is 1. The number of carbonyl (C=O) groups excluding carboxylic acids is 1. The van der Waals surface area contributed by atoms with Crippen LogP contribution in [-0.2, 0) is 4.79 Å². The smallest absolute Gasteiger partial charge is 0.550 e. The monoisotopic (exact) mass is 364 g/mol. The minimum atomic E-state index is -1.23. The van der Waals surface area contributed by atoms with Crippen molar-refractivity contribution in [2.75, 3.05) is 0 Å². The van der Waals surface area contributed by atoms with Crippen LogP contribution in [0.25, 0.3) is 0 Å². The van der Waals surface area contributed by atoms with Gasteiger partial charge in [-0.05, 0) is 43.2 Å². The molecule has 2 atom stereocenters. The average molecular weight is 364 g/mol. The molecular formula is C20H18FNaO4. The van der Waals surface area contributed by atoms with Crippen LogP contribution >= 0.6 is 0 Å². The normalized spacial score (nSPS) is 12.4. The Morgan fingerprint density at radius 3 is 2.58 bits per heavy atom. The van der Waals surface area contributed by atoms with Crippen LogP contribution in [0.15, 0.2) is 48.6 Å². The molecule has 2 N–H and O–H groups in total. The van der Waals surface area contributed by atoms with Gasteiger partial charge in [-0.1, -0.05) is 41.9 Å². The summed E-state index contributed by atoms with van der Waals surface area (Å²) in [6, 6.07) is 5.77. The van der Waals surface area contributed by atoms with Gasteiger partial charge in [0.2, 0.25) is 0 Å². The number of carbonyl (C=O) groups is 1. The summed E-state index contributed by atoms with van der Waals surface area (Å²) >= 11 is 0. The molecule has 26 heavy (non-hydrogen) atoms. The topological polar surface area (TPSA) is 80.6 Å². The first-order valence-corrected chi connectivity index (χ1v) is 7.62. The summed E-state index contributed by atoms with van der Waals surface area (Å²) in [5, 5.41) is 29.3. The van der Waals surface area contributed by atoms with E-state index in [1.165, 1.54) is 24.3 Å². The molecule has 0 saturated carbocycles. The van der Waals surface area contributed by atoms with Gasteiger partial charge in [0.15, 0.2) is 0 Å². The van der Waals surface area contributed by atoms with Crippen molar-refractivity contribution in [3.05, 3.63) is 60.0 Å². The van der Waals surface area contributed by atoms with Gasteiger partial charge in [0, 0.05) is 18.0 Å². The van der Waals surface area contributed by atoms with Crippen LogP contribution in [0, 0.1) is 29.5 Å². The van der Waals surface area contributed by atoms with Gasteiger partial charge in [0.05, 0.1) is 6.10 Å². The zero-order chi connectivity index (χ0) is 18.5. The van der Waals surface area contributed by atoms with E-state index >= 15 is 0 Å². The zero-order valence-corrected chi connectivity index (χ0v) is 16.5. The number of carboxylic acid groups (broad SMARTS) is 1. The second-order valence-corrected chi connectivity index (χ2v) is 5.04. The first-order chi connectivity index (χ1) is 12.0. The van der Waals surface area contributed by atoms with Crippen molar-refractivity contribution in [2.24, 2.45) is 0 Å². The number of rotatable bonds is 6. The van der Waals surface area contributed by atoms with Gasteiger partial charge < -0.3 is 20.1 Å². The van der Waals surface area contributed by atoms with Crippen LogP contribution in [0.2, 0.25) is 0 Å². The Morgan fingerprint density at radius 2 is 1.92 bits per heavy atom. The number of allylic oxidation sites excluding steroid dienone is 3. The molecule has 1 aromatic rings. The summed E-state index contributed by atoms with van der Waals surface area (Å²) in [5.41, 5.74) is 0.671. The summed E-state index contributed by atoms with van der Waals surface area (Å²) in [6.07, 6.45) is 4.41. The number of aliphatic hydroxyl groups excluding tert-OH is 2. The largest absolute Gasteiger partial charge is 1.00 e. The van der Waals surface area contributed by atoms with Gasteiger partial charge in [-0.3, -0.25) is 0 Å². The van der Waals surface area contributed by atoms with Crippen molar-refractivity contribution >= 4 is 5.97 Å². The molecule has 0 spiro atoms. The van der Waals surface area contributed by atoms with Crippen LogP contribution in [0.1, 0.15) is 24.8 Å². The molecule has 1 rings (SSSR count). The average Bonchev–Trinajstić information content (AvgIpc) is 2.58. The van der Waals surface area contributed by atoms with E-state index in [0.717, 1.165) is 0 Å². The minimum absolute atomic E-state index is 0. The number of aliphatic hydroxyl groups is 2. The molecule has 130 valence electrons. The van der Waals surface area contributed by atoms with Crippen LogP contribution in [-0.4, -0.2) is 28.4 Å². The van der Waals surface area contributed by atoms with Crippen molar-refractivity contribution < 1.29 is 54.1 Å². The summed E-state index contributed by atoms with van der Waals surface area (Å²) in [4.78, 5) is 10.2. The fourth-order valence-electron chi connectivity index (χ4n) is 1.63.